The van der Waals surface area contributed by atoms with E-state index < -0.39 is 37.6 Å². The summed E-state index contributed by atoms with van der Waals surface area (Å²) in [6, 6.07) is 0. The van der Waals surface area contributed by atoms with Gasteiger partial charge in [0.1, 0.15) is 0 Å². The summed E-state index contributed by atoms with van der Waals surface area (Å²) in [4.78, 5) is 0. The van der Waals surface area contributed by atoms with Crippen molar-refractivity contribution in [2.45, 2.75) is 0 Å². The Kier molecular flexibility index (Phi) is 62.9. The maximum absolute atomic E-state index is 8.60. The molecule has 0 rings (SSSR count). The molecule has 0 aliphatic heterocycles. The predicted octanol–water partition coefficient (Wildman–Crippen LogP) is -11.7. The SMILES string of the molecule is [H-].[K+].[Li+].[Na+].[O]=[Nb](=[O])[O-].[O]=[Nb](=[O])[O-]. The van der Waals surface area contributed by atoms with Gasteiger partial charge >= 0.3 is 158 Å². The monoisotopic (exact) mass is 352 g/mol. The van der Waals surface area contributed by atoms with Crippen LogP contribution in [0.4, 0.5) is 0 Å². The van der Waals surface area contributed by atoms with Crippen LogP contribution in [-0.4, -0.2) is 0 Å². The first-order valence-electron chi connectivity index (χ1n) is 1.10. The van der Waals surface area contributed by atoms with Crippen molar-refractivity contribution in [1.82, 2.24) is 0 Å². The molecule has 0 amide bonds. The van der Waals surface area contributed by atoms with Crippen LogP contribution in [0.1, 0.15) is 1.43 Å². The molecule has 0 aromatic heterocycles. The molecule has 0 bridgehead atoms. The molecule has 0 aromatic rings. The van der Waals surface area contributed by atoms with Crippen molar-refractivity contribution in [2.24, 2.45) is 0 Å². The molecular formula is HKLiNaNb2O6. The second-order valence-corrected chi connectivity index (χ2v) is 2.65. The van der Waals surface area contributed by atoms with E-state index >= 15 is 0 Å². The summed E-state index contributed by atoms with van der Waals surface area (Å²) in [6.07, 6.45) is 0. The van der Waals surface area contributed by atoms with E-state index in [2.05, 4.69) is 0 Å². The van der Waals surface area contributed by atoms with Gasteiger partial charge in [-0.2, -0.15) is 0 Å². The Labute approximate surface area is 155 Å². The van der Waals surface area contributed by atoms with E-state index in [1.165, 1.54) is 0 Å². The fraction of sp³-hybridized carbons (Fsp3) is 0. The van der Waals surface area contributed by atoms with Gasteiger partial charge in [0.15, 0.2) is 0 Å². The average molecular weight is 352 g/mol. The molecule has 0 saturated heterocycles. The predicted molar refractivity (Wildman–Crippen MR) is 3.86 cm³/mol. The molecule has 0 radical (unpaired) electrons. The van der Waals surface area contributed by atoms with E-state index in [4.69, 9.17) is 20.2 Å². The van der Waals surface area contributed by atoms with Gasteiger partial charge < -0.3 is 1.43 Å². The molecule has 0 aromatic carbocycles. The van der Waals surface area contributed by atoms with Crippen LogP contribution < -0.4 is 107 Å². The Balaban J connectivity index is -0.0000000112. The number of rotatable bonds is 0. The van der Waals surface area contributed by atoms with Gasteiger partial charge in [-0.3, -0.25) is 0 Å². The molecule has 0 aliphatic carbocycles. The minimum absolute atomic E-state index is 0. The van der Waals surface area contributed by atoms with E-state index in [0.29, 0.717) is 0 Å². The van der Waals surface area contributed by atoms with Gasteiger partial charge in [0.2, 0.25) is 0 Å². The third-order valence-electron chi connectivity index (χ3n) is 0. The topological polar surface area (TPSA) is 114 Å². The van der Waals surface area contributed by atoms with E-state index in [-0.39, 0.29) is 101 Å². The van der Waals surface area contributed by atoms with Crippen LogP contribution in [0.5, 0.6) is 0 Å². The summed E-state index contributed by atoms with van der Waals surface area (Å²) in [5.74, 6) is 0. The summed E-state index contributed by atoms with van der Waals surface area (Å²) in [6.45, 7) is 0. The third kappa shape index (κ3) is 132. The van der Waals surface area contributed by atoms with Crippen LogP contribution in [-0.2, 0) is 50.6 Å². The Morgan fingerprint density at radius 2 is 0.909 bits per heavy atom. The van der Waals surface area contributed by atoms with E-state index in [0.717, 1.165) is 0 Å². The molecule has 0 fully saturated rings. The van der Waals surface area contributed by atoms with Crippen LogP contribution in [0.25, 0.3) is 0 Å². The first kappa shape index (κ1) is 29.4. The molecule has 11 heteroatoms. The van der Waals surface area contributed by atoms with Gasteiger partial charge in [0.05, 0.1) is 0 Å². The van der Waals surface area contributed by atoms with Gasteiger partial charge in [0.25, 0.3) is 0 Å². The summed E-state index contributed by atoms with van der Waals surface area (Å²) in [5, 5.41) is 0. The third-order valence-corrected chi connectivity index (χ3v) is 0. The van der Waals surface area contributed by atoms with Gasteiger partial charge in [-0.15, -0.1) is 0 Å². The molecule has 50 valence electrons. The van der Waals surface area contributed by atoms with Crippen molar-refractivity contribution in [1.29, 1.82) is 0 Å². The summed E-state index contributed by atoms with van der Waals surface area (Å²) >= 11 is -8.40. The van der Waals surface area contributed by atoms with Gasteiger partial charge in [0, 0.05) is 0 Å². The van der Waals surface area contributed by atoms with Gasteiger partial charge in [-0.05, 0) is 0 Å². The molecule has 0 N–H and O–H groups in total. The second-order valence-electron chi connectivity index (χ2n) is 0.447. The van der Waals surface area contributed by atoms with Crippen LogP contribution in [0, 0.1) is 0 Å². The van der Waals surface area contributed by atoms with Crippen LogP contribution in [0.15, 0.2) is 0 Å². The molecule has 0 saturated carbocycles. The molecule has 11 heavy (non-hydrogen) atoms. The fourth-order valence-electron chi connectivity index (χ4n) is 0. The number of hydrogen-bond acceptors (Lipinski definition) is 6. The zero-order chi connectivity index (χ0) is 7.15. The van der Waals surface area contributed by atoms with Crippen molar-refractivity contribution in [3.8, 4) is 0 Å². The Morgan fingerprint density at radius 1 is 0.909 bits per heavy atom. The van der Waals surface area contributed by atoms with E-state index in [9.17, 15) is 0 Å². The first-order valence-corrected chi connectivity index (χ1v) is 6.48. The molecule has 0 heterocycles. The second kappa shape index (κ2) is 23.6. The standard InChI is InChI=1S/K.Li.Na.2Nb.6O.H/q3*+1;;;;;;;3*-1. The van der Waals surface area contributed by atoms with Crippen molar-refractivity contribution < 1.29 is 159 Å². The molecular weight excluding hydrogens is 351 g/mol. The quantitative estimate of drug-likeness (QED) is 0.400. The first-order chi connectivity index (χ1) is 3.46. The Morgan fingerprint density at radius 3 is 0.909 bits per heavy atom. The normalized spacial score (nSPS) is 4.55. The van der Waals surface area contributed by atoms with Crippen molar-refractivity contribution >= 4 is 0 Å². The van der Waals surface area contributed by atoms with E-state index in [1.54, 1.807) is 0 Å². The zero-order valence-electron chi connectivity index (χ0n) is 7.34. The van der Waals surface area contributed by atoms with Crippen LogP contribution >= 0.6 is 0 Å². The van der Waals surface area contributed by atoms with Crippen LogP contribution in [0.3, 0.4) is 0 Å². The summed E-state index contributed by atoms with van der Waals surface area (Å²) in [5.41, 5.74) is 0. The number of hydrogen-bond donors (Lipinski definition) is 0. The Bertz CT molecular complexity index is 142. The maximum atomic E-state index is 8.60. The fourth-order valence-corrected chi connectivity index (χ4v) is 0. The summed E-state index contributed by atoms with van der Waals surface area (Å²) in [7, 11) is 0. The van der Waals surface area contributed by atoms with Gasteiger partial charge in [-0.1, -0.05) is 0 Å². The van der Waals surface area contributed by atoms with E-state index in [1.807, 2.05) is 0 Å². The minimum atomic E-state index is -4.20. The van der Waals surface area contributed by atoms with Crippen molar-refractivity contribution in [3.05, 3.63) is 0 Å². The zero-order valence-corrected chi connectivity index (χ0v) is 15.9. The summed E-state index contributed by atoms with van der Waals surface area (Å²) < 4.78 is 51.6. The average Bonchev–Trinajstić information content (AvgIpc) is 1.25. The molecule has 0 spiro atoms. The molecule has 0 atom stereocenters. The molecule has 0 unspecified atom stereocenters. The molecule has 0 aliphatic rings. The van der Waals surface area contributed by atoms with Crippen molar-refractivity contribution in [2.75, 3.05) is 0 Å². The van der Waals surface area contributed by atoms with Crippen LogP contribution in [0.2, 0.25) is 0 Å². The van der Waals surface area contributed by atoms with Crippen molar-refractivity contribution in [3.63, 3.8) is 0 Å². The Hall–Kier alpha value is 3.83. The van der Waals surface area contributed by atoms with Gasteiger partial charge in [-0.25, -0.2) is 0 Å². The molecule has 6 nitrogen and oxygen atoms in total.